The second kappa shape index (κ2) is 7.58. The van der Waals surface area contributed by atoms with Gasteiger partial charge >= 0.3 is 0 Å². The lowest BCUT2D eigenvalue weighted by molar-refractivity contribution is -0.113. The Balaban J connectivity index is 1.60. The third-order valence-corrected chi connectivity index (χ3v) is 4.71. The molecule has 2 heterocycles. The first-order valence-electron chi connectivity index (χ1n) is 7.22. The van der Waals surface area contributed by atoms with E-state index in [2.05, 4.69) is 20.3 Å². The maximum atomic E-state index is 12.9. The molecule has 25 heavy (non-hydrogen) atoms. The van der Waals surface area contributed by atoms with Gasteiger partial charge in [-0.05, 0) is 31.2 Å². The number of thiazole rings is 1. The Hall–Kier alpha value is -2.52. The van der Waals surface area contributed by atoms with Crippen molar-refractivity contribution >= 4 is 34.1 Å². The Morgan fingerprint density at radius 3 is 2.80 bits per heavy atom. The highest BCUT2D eigenvalue weighted by Gasteiger charge is 2.10. The summed E-state index contributed by atoms with van der Waals surface area (Å²) in [6, 6.07) is 7.37. The zero-order valence-electron chi connectivity index (χ0n) is 13.1. The fourth-order valence-corrected chi connectivity index (χ4v) is 3.45. The second-order valence-corrected chi connectivity index (χ2v) is 6.90. The highest BCUT2D eigenvalue weighted by molar-refractivity contribution is 7.99. The van der Waals surface area contributed by atoms with Crippen molar-refractivity contribution in [3.63, 3.8) is 0 Å². The number of hydrogen-bond acceptors (Lipinski definition) is 6. The van der Waals surface area contributed by atoms with Gasteiger partial charge in [0, 0.05) is 22.7 Å². The maximum absolute atomic E-state index is 12.9. The van der Waals surface area contributed by atoms with Crippen LogP contribution in [-0.2, 0) is 4.79 Å². The van der Waals surface area contributed by atoms with E-state index < -0.39 is 0 Å². The van der Waals surface area contributed by atoms with Gasteiger partial charge in [0.05, 0.1) is 11.4 Å². The highest BCUT2D eigenvalue weighted by Crippen LogP contribution is 2.25. The van der Waals surface area contributed by atoms with Crippen LogP contribution >= 0.6 is 23.1 Å². The summed E-state index contributed by atoms with van der Waals surface area (Å²) in [6.45, 7) is 1.71. The number of anilines is 1. The van der Waals surface area contributed by atoms with E-state index in [9.17, 15) is 14.0 Å². The predicted molar refractivity (Wildman–Crippen MR) is 96.5 cm³/mol. The van der Waals surface area contributed by atoms with Gasteiger partial charge in [-0.25, -0.2) is 14.4 Å². The van der Waals surface area contributed by atoms with Gasteiger partial charge in [-0.1, -0.05) is 11.8 Å². The first-order chi connectivity index (χ1) is 12.0. The summed E-state index contributed by atoms with van der Waals surface area (Å²) in [6.07, 6.45) is 0. The number of aromatic nitrogens is 3. The second-order valence-electron chi connectivity index (χ2n) is 5.07. The molecule has 3 rings (SSSR count). The van der Waals surface area contributed by atoms with Crippen LogP contribution in [0, 0.1) is 12.7 Å². The third kappa shape index (κ3) is 4.74. The van der Waals surface area contributed by atoms with Gasteiger partial charge in [0.1, 0.15) is 5.82 Å². The number of carbonyl (C=O) groups is 1. The van der Waals surface area contributed by atoms with Gasteiger partial charge in [0.2, 0.25) is 5.91 Å². The van der Waals surface area contributed by atoms with Crippen molar-refractivity contribution in [2.45, 2.75) is 12.1 Å². The smallest absolute Gasteiger partial charge is 0.251 e. The number of hydrogen-bond donors (Lipinski definition) is 2. The summed E-state index contributed by atoms with van der Waals surface area (Å²) in [5.74, 6) is -0.473. The van der Waals surface area contributed by atoms with E-state index in [1.807, 2.05) is 0 Å². The van der Waals surface area contributed by atoms with Crippen molar-refractivity contribution in [1.29, 1.82) is 0 Å². The Morgan fingerprint density at radius 1 is 1.32 bits per heavy atom. The van der Waals surface area contributed by atoms with Crippen molar-refractivity contribution in [3.05, 3.63) is 57.6 Å². The van der Waals surface area contributed by atoms with E-state index >= 15 is 0 Å². The molecule has 0 radical (unpaired) electrons. The average Bonchev–Trinajstić information content (AvgIpc) is 3.01. The first-order valence-corrected chi connectivity index (χ1v) is 9.08. The molecule has 0 saturated heterocycles. The van der Waals surface area contributed by atoms with Crippen LogP contribution in [0.25, 0.3) is 11.3 Å². The molecule has 0 aliphatic heterocycles. The van der Waals surface area contributed by atoms with Gasteiger partial charge < -0.3 is 10.3 Å². The van der Waals surface area contributed by atoms with Gasteiger partial charge in [0.25, 0.3) is 5.56 Å². The molecule has 2 aromatic heterocycles. The minimum atomic E-state index is -0.313. The highest BCUT2D eigenvalue weighted by atomic mass is 32.2. The van der Waals surface area contributed by atoms with Crippen molar-refractivity contribution in [3.8, 4) is 11.3 Å². The lowest BCUT2D eigenvalue weighted by Gasteiger charge is -2.02. The molecule has 0 aliphatic carbocycles. The van der Waals surface area contributed by atoms with Crippen LogP contribution in [0.1, 0.15) is 5.69 Å². The summed E-state index contributed by atoms with van der Waals surface area (Å²) >= 11 is 2.42. The third-order valence-electron chi connectivity index (χ3n) is 3.08. The number of halogens is 1. The zero-order chi connectivity index (χ0) is 17.8. The van der Waals surface area contributed by atoms with E-state index in [1.54, 1.807) is 24.4 Å². The fourth-order valence-electron chi connectivity index (χ4n) is 1.99. The van der Waals surface area contributed by atoms with Crippen LogP contribution in [0.3, 0.4) is 0 Å². The fraction of sp³-hybridized carbons (Fsp3) is 0.125. The molecular weight excluding hydrogens is 363 g/mol. The van der Waals surface area contributed by atoms with Gasteiger partial charge in [0.15, 0.2) is 10.3 Å². The molecule has 1 amide bonds. The van der Waals surface area contributed by atoms with Crippen LogP contribution in [0.5, 0.6) is 0 Å². The first kappa shape index (κ1) is 17.3. The van der Waals surface area contributed by atoms with Crippen LogP contribution < -0.4 is 10.9 Å². The Bertz CT molecular complexity index is 953. The monoisotopic (exact) mass is 376 g/mol. The van der Waals surface area contributed by atoms with E-state index in [-0.39, 0.29) is 23.0 Å². The number of rotatable bonds is 5. The van der Waals surface area contributed by atoms with Crippen molar-refractivity contribution in [2.75, 3.05) is 11.1 Å². The minimum absolute atomic E-state index is 0.0951. The molecule has 0 saturated carbocycles. The number of amides is 1. The SMILES string of the molecule is Cc1cc(=O)[nH]c(SCC(=O)Nc2nc(-c3ccc(F)cc3)cs2)n1. The molecule has 0 atom stereocenters. The van der Waals surface area contributed by atoms with Crippen molar-refractivity contribution in [1.82, 2.24) is 15.0 Å². The normalized spacial score (nSPS) is 10.6. The quantitative estimate of drug-likeness (QED) is 0.528. The zero-order valence-corrected chi connectivity index (χ0v) is 14.7. The molecule has 2 N–H and O–H groups in total. The number of nitrogens with one attached hydrogen (secondary N) is 2. The molecule has 6 nitrogen and oxygen atoms in total. The minimum Gasteiger partial charge on any atom is -0.301 e. The largest absolute Gasteiger partial charge is 0.301 e. The number of H-pyrrole nitrogens is 1. The van der Waals surface area contributed by atoms with Gasteiger partial charge in [-0.15, -0.1) is 11.3 Å². The molecule has 128 valence electrons. The van der Waals surface area contributed by atoms with E-state index in [1.165, 1.54) is 29.5 Å². The van der Waals surface area contributed by atoms with Gasteiger partial charge in [-0.2, -0.15) is 0 Å². The maximum Gasteiger partial charge on any atom is 0.251 e. The van der Waals surface area contributed by atoms with E-state index in [0.29, 0.717) is 21.7 Å². The van der Waals surface area contributed by atoms with E-state index in [4.69, 9.17) is 0 Å². The molecule has 0 aliphatic rings. The average molecular weight is 376 g/mol. The molecule has 1 aromatic carbocycles. The number of aromatic amines is 1. The van der Waals surface area contributed by atoms with Crippen LogP contribution in [0.15, 0.2) is 45.7 Å². The number of aryl methyl sites for hydroxylation is 1. The molecule has 0 spiro atoms. The standard InChI is InChI=1S/C16H13FN4O2S2/c1-9-6-13(22)20-15(18-9)25-8-14(23)21-16-19-12(7-24-16)10-2-4-11(17)5-3-10/h2-7H,8H2,1H3,(H,18,20,22)(H,19,21,23). The molecule has 0 bridgehead atoms. The molecule has 3 aromatic rings. The summed E-state index contributed by atoms with van der Waals surface area (Å²) in [5, 5.41) is 5.33. The predicted octanol–water partition coefficient (Wildman–Crippen LogP) is 3.07. The van der Waals surface area contributed by atoms with Crippen LogP contribution in [0.4, 0.5) is 9.52 Å². The molecule has 9 heteroatoms. The number of thioether (sulfide) groups is 1. The Kier molecular flexibility index (Phi) is 5.25. The van der Waals surface area contributed by atoms with Crippen molar-refractivity contribution in [2.24, 2.45) is 0 Å². The Labute approximate surface area is 150 Å². The molecule has 0 unspecified atom stereocenters. The van der Waals surface area contributed by atoms with Gasteiger partial charge in [-0.3, -0.25) is 9.59 Å². The molecule has 0 fully saturated rings. The van der Waals surface area contributed by atoms with Crippen LogP contribution in [-0.4, -0.2) is 26.6 Å². The summed E-state index contributed by atoms with van der Waals surface area (Å²) in [4.78, 5) is 34.4. The van der Waals surface area contributed by atoms with Crippen molar-refractivity contribution < 1.29 is 9.18 Å². The summed E-state index contributed by atoms with van der Waals surface area (Å²) in [7, 11) is 0. The summed E-state index contributed by atoms with van der Waals surface area (Å²) < 4.78 is 12.9. The lowest BCUT2D eigenvalue weighted by Crippen LogP contribution is -2.15. The number of carbonyl (C=O) groups excluding carboxylic acids is 1. The van der Waals surface area contributed by atoms with E-state index in [0.717, 1.165) is 17.3 Å². The Morgan fingerprint density at radius 2 is 2.08 bits per heavy atom. The lowest BCUT2D eigenvalue weighted by atomic mass is 10.2. The molecular formula is C16H13FN4O2S2. The summed E-state index contributed by atoms with van der Waals surface area (Å²) in [5.41, 5.74) is 1.78. The number of nitrogens with zero attached hydrogens (tertiary/aromatic N) is 2. The van der Waals surface area contributed by atoms with Crippen LogP contribution in [0.2, 0.25) is 0 Å². The number of benzene rings is 1. The topological polar surface area (TPSA) is 87.7 Å².